The Balaban J connectivity index is 0.00000242. The molecule has 2 rings (SSSR count). The molecule has 1 fully saturated rings. The zero-order chi connectivity index (χ0) is 15.1. The summed E-state index contributed by atoms with van der Waals surface area (Å²) in [6, 6.07) is 4.23. The van der Waals surface area contributed by atoms with Crippen molar-refractivity contribution in [2.45, 2.75) is 6.54 Å². The summed E-state index contributed by atoms with van der Waals surface area (Å²) < 4.78 is 2.15. The fraction of sp³-hybridized carbons (Fsp3) is 0.667. The first kappa shape index (κ1) is 19.6. The van der Waals surface area contributed by atoms with E-state index < -0.39 is 0 Å². The smallest absolute Gasteiger partial charge is 0.193 e. The number of nitrogens with zero attached hydrogens (tertiary/aromatic N) is 4. The van der Waals surface area contributed by atoms with E-state index in [0.717, 1.165) is 25.6 Å². The first-order chi connectivity index (χ1) is 10.2. The van der Waals surface area contributed by atoms with E-state index in [0.29, 0.717) is 0 Å². The summed E-state index contributed by atoms with van der Waals surface area (Å²) in [6.45, 7) is 5.34. The lowest BCUT2D eigenvalue weighted by Crippen LogP contribution is -2.43. The third kappa shape index (κ3) is 6.00. The highest BCUT2D eigenvalue weighted by Gasteiger charge is 2.11. The molecular weight excluding hydrogens is 409 g/mol. The molecule has 1 aromatic rings. The molecule has 0 amide bonds. The van der Waals surface area contributed by atoms with Gasteiger partial charge in [0.15, 0.2) is 5.96 Å². The number of rotatable bonds is 5. The summed E-state index contributed by atoms with van der Waals surface area (Å²) in [5.74, 6) is 3.49. The minimum Gasteiger partial charge on any atom is -0.355 e. The van der Waals surface area contributed by atoms with E-state index >= 15 is 0 Å². The zero-order valence-electron chi connectivity index (χ0n) is 13.8. The maximum absolute atomic E-state index is 4.38. The molecule has 1 aliphatic heterocycles. The summed E-state index contributed by atoms with van der Waals surface area (Å²) in [4.78, 5) is 9.07. The number of hydrogen-bond donors (Lipinski definition) is 1. The van der Waals surface area contributed by atoms with Gasteiger partial charge in [0.2, 0.25) is 0 Å². The number of halogens is 1. The van der Waals surface area contributed by atoms with Gasteiger partial charge in [0, 0.05) is 70.7 Å². The van der Waals surface area contributed by atoms with Crippen molar-refractivity contribution in [1.82, 2.24) is 19.7 Å². The van der Waals surface area contributed by atoms with Gasteiger partial charge in [-0.25, -0.2) is 0 Å². The summed E-state index contributed by atoms with van der Waals surface area (Å²) in [5.41, 5.74) is 1.29. The lowest BCUT2D eigenvalue weighted by Gasteiger charge is -2.27. The van der Waals surface area contributed by atoms with Crippen LogP contribution in [0, 0.1) is 0 Å². The Morgan fingerprint density at radius 2 is 2.14 bits per heavy atom. The predicted octanol–water partition coefficient (Wildman–Crippen LogP) is 1.70. The van der Waals surface area contributed by atoms with Crippen LogP contribution >= 0.6 is 35.7 Å². The highest BCUT2D eigenvalue weighted by molar-refractivity contribution is 14.0. The predicted molar refractivity (Wildman–Crippen MR) is 107 cm³/mol. The van der Waals surface area contributed by atoms with E-state index in [-0.39, 0.29) is 24.0 Å². The summed E-state index contributed by atoms with van der Waals surface area (Å²) >= 11 is 2.05. The zero-order valence-corrected chi connectivity index (χ0v) is 16.9. The monoisotopic (exact) mass is 437 g/mol. The third-order valence-corrected chi connectivity index (χ3v) is 4.78. The van der Waals surface area contributed by atoms with Gasteiger partial charge in [-0.15, -0.1) is 24.0 Å². The van der Waals surface area contributed by atoms with Crippen LogP contribution in [0.4, 0.5) is 0 Å². The Bertz CT molecular complexity index is 457. The van der Waals surface area contributed by atoms with E-state index in [1.165, 1.54) is 30.3 Å². The number of aliphatic imine (C=N–C) groups is 1. The lowest BCUT2D eigenvalue weighted by molar-refractivity contribution is 0.305. The van der Waals surface area contributed by atoms with Gasteiger partial charge in [0.05, 0.1) is 6.54 Å². The maximum Gasteiger partial charge on any atom is 0.193 e. The molecule has 2 heterocycles. The molecular formula is C15H28IN5S. The Hall–Kier alpha value is -0.410. The van der Waals surface area contributed by atoms with Gasteiger partial charge in [0.1, 0.15) is 0 Å². The van der Waals surface area contributed by atoms with Crippen LogP contribution in [-0.2, 0) is 13.6 Å². The van der Waals surface area contributed by atoms with E-state index in [4.69, 9.17) is 0 Å². The van der Waals surface area contributed by atoms with Crippen molar-refractivity contribution in [3.8, 4) is 0 Å². The number of hydrogen-bond acceptors (Lipinski definition) is 3. The van der Waals surface area contributed by atoms with Crippen LogP contribution in [0.1, 0.15) is 5.69 Å². The Labute approximate surface area is 155 Å². The van der Waals surface area contributed by atoms with Gasteiger partial charge in [-0.2, -0.15) is 11.8 Å². The second kappa shape index (κ2) is 10.4. The Morgan fingerprint density at radius 3 is 2.73 bits per heavy atom. The second-order valence-corrected chi connectivity index (χ2v) is 6.62. The van der Waals surface area contributed by atoms with E-state index in [1.807, 2.05) is 7.05 Å². The number of aromatic nitrogens is 1. The lowest BCUT2D eigenvalue weighted by atomic mass is 10.4. The average molecular weight is 437 g/mol. The Morgan fingerprint density at radius 1 is 1.41 bits per heavy atom. The molecule has 0 aromatic carbocycles. The van der Waals surface area contributed by atoms with Crippen LogP contribution in [0.5, 0.6) is 0 Å². The molecule has 0 spiro atoms. The first-order valence-electron chi connectivity index (χ1n) is 7.53. The quantitative estimate of drug-likeness (QED) is 0.432. The molecule has 1 saturated heterocycles. The summed E-state index contributed by atoms with van der Waals surface area (Å²) in [7, 11) is 6.01. The highest BCUT2D eigenvalue weighted by atomic mass is 127. The second-order valence-electron chi connectivity index (χ2n) is 5.39. The third-order valence-electron chi connectivity index (χ3n) is 3.84. The van der Waals surface area contributed by atoms with E-state index in [1.54, 1.807) is 0 Å². The fourth-order valence-corrected chi connectivity index (χ4v) is 3.49. The molecule has 1 aromatic heterocycles. The number of aryl methyl sites for hydroxylation is 1. The van der Waals surface area contributed by atoms with Gasteiger partial charge >= 0.3 is 0 Å². The largest absolute Gasteiger partial charge is 0.355 e. The van der Waals surface area contributed by atoms with Crippen LogP contribution in [0.2, 0.25) is 0 Å². The molecule has 0 saturated carbocycles. The SMILES string of the molecule is CN=C(NCCN1CCSCC1)N(C)Cc1cccn1C.I. The van der Waals surface area contributed by atoms with Crippen LogP contribution < -0.4 is 5.32 Å². The molecule has 0 aliphatic carbocycles. The molecule has 7 heteroatoms. The molecule has 1 N–H and O–H groups in total. The average Bonchev–Trinajstić information content (AvgIpc) is 2.90. The molecule has 126 valence electrons. The van der Waals surface area contributed by atoms with Crippen molar-refractivity contribution in [2.75, 3.05) is 51.8 Å². The van der Waals surface area contributed by atoms with E-state index in [2.05, 4.69) is 68.9 Å². The van der Waals surface area contributed by atoms with Crippen LogP contribution in [0.25, 0.3) is 0 Å². The molecule has 5 nitrogen and oxygen atoms in total. The molecule has 0 bridgehead atoms. The molecule has 0 atom stereocenters. The Kier molecular flexibility index (Phi) is 9.27. The standard InChI is InChI=1S/C15H27N5S.HI/c1-16-15(17-6-8-20-9-11-21-12-10-20)19(3)13-14-5-4-7-18(14)2;/h4-5,7H,6,8-13H2,1-3H3,(H,16,17);1H. The van der Waals surface area contributed by atoms with Crippen LogP contribution in [0.15, 0.2) is 23.3 Å². The number of nitrogens with one attached hydrogen (secondary N) is 1. The van der Waals surface area contributed by atoms with Crippen molar-refractivity contribution in [2.24, 2.45) is 12.0 Å². The fourth-order valence-electron chi connectivity index (χ4n) is 2.51. The van der Waals surface area contributed by atoms with Gasteiger partial charge in [0.25, 0.3) is 0 Å². The van der Waals surface area contributed by atoms with Gasteiger partial charge in [-0.3, -0.25) is 9.89 Å². The summed E-state index contributed by atoms with van der Waals surface area (Å²) in [6.07, 6.45) is 2.08. The molecule has 0 radical (unpaired) electrons. The van der Waals surface area contributed by atoms with Gasteiger partial charge < -0.3 is 14.8 Å². The molecule has 1 aliphatic rings. The molecule has 0 unspecified atom stereocenters. The van der Waals surface area contributed by atoms with Gasteiger partial charge in [-0.05, 0) is 12.1 Å². The van der Waals surface area contributed by atoms with Crippen molar-refractivity contribution in [3.05, 3.63) is 24.0 Å². The van der Waals surface area contributed by atoms with Crippen LogP contribution in [-0.4, -0.2) is 72.1 Å². The van der Waals surface area contributed by atoms with Crippen molar-refractivity contribution in [3.63, 3.8) is 0 Å². The van der Waals surface area contributed by atoms with Gasteiger partial charge in [-0.1, -0.05) is 0 Å². The highest BCUT2D eigenvalue weighted by Crippen LogP contribution is 2.08. The number of thioether (sulfide) groups is 1. The normalized spacial score (nSPS) is 16.2. The molecule has 22 heavy (non-hydrogen) atoms. The van der Waals surface area contributed by atoms with Crippen molar-refractivity contribution in [1.29, 1.82) is 0 Å². The topological polar surface area (TPSA) is 35.8 Å². The first-order valence-corrected chi connectivity index (χ1v) is 8.68. The minimum absolute atomic E-state index is 0. The van der Waals surface area contributed by atoms with Crippen molar-refractivity contribution < 1.29 is 0 Å². The summed E-state index contributed by atoms with van der Waals surface area (Å²) in [5, 5.41) is 3.47. The van der Waals surface area contributed by atoms with Crippen molar-refractivity contribution >= 4 is 41.7 Å². The minimum atomic E-state index is 0. The van der Waals surface area contributed by atoms with Crippen LogP contribution in [0.3, 0.4) is 0 Å². The number of guanidine groups is 1. The maximum atomic E-state index is 4.38. The van der Waals surface area contributed by atoms with E-state index in [9.17, 15) is 0 Å².